The molecule has 160 valence electrons. The zero-order chi connectivity index (χ0) is 20.8. The Hall–Kier alpha value is -2.08. The maximum absolute atomic E-state index is 13.0. The minimum Gasteiger partial charge on any atom is -0.336 e. The molecule has 0 saturated carbocycles. The summed E-state index contributed by atoms with van der Waals surface area (Å²) in [4.78, 5) is 31.7. The lowest BCUT2D eigenvalue weighted by molar-refractivity contribution is 0.0637. The van der Waals surface area contributed by atoms with E-state index < -0.39 is 0 Å². The van der Waals surface area contributed by atoms with Crippen LogP contribution in [0.15, 0.2) is 24.3 Å². The number of piperazine rings is 1. The van der Waals surface area contributed by atoms with Crippen LogP contribution in [0.2, 0.25) is 0 Å². The van der Waals surface area contributed by atoms with Crippen molar-refractivity contribution in [3.05, 3.63) is 35.4 Å². The van der Waals surface area contributed by atoms with Gasteiger partial charge in [0.25, 0.3) is 5.91 Å². The average molecular weight is 401 g/mol. The SMILES string of the molecule is CCCN1CCN(C(=O)c2cccc([C@H]3CCCN(C(=O)NC(C)C)C3)c2)CC1. The van der Waals surface area contributed by atoms with Gasteiger partial charge in [0.2, 0.25) is 0 Å². The second-order valence-corrected chi connectivity index (χ2v) is 8.65. The molecule has 3 rings (SSSR count). The first-order valence-corrected chi connectivity index (χ1v) is 11.1. The molecule has 3 amide bonds. The predicted octanol–water partition coefficient (Wildman–Crippen LogP) is 3.15. The van der Waals surface area contributed by atoms with Crippen LogP contribution in [0, 0.1) is 0 Å². The zero-order valence-corrected chi connectivity index (χ0v) is 18.2. The number of hydrogen-bond donors (Lipinski definition) is 1. The van der Waals surface area contributed by atoms with E-state index in [1.54, 1.807) is 0 Å². The van der Waals surface area contributed by atoms with Gasteiger partial charge in [0.15, 0.2) is 0 Å². The second kappa shape index (κ2) is 10.1. The van der Waals surface area contributed by atoms with Crippen molar-refractivity contribution in [2.24, 2.45) is 0 Å². The number of carbonyl (C=O) groups is 2. The molecule has 0 bridgehead atoms. The molecule has 2 saturated heterocycles. The molecule has 6 nitrogen and oxygen atoms in total. The first-order chi connectivity index (χ1) is 14.0. The van der Waals surface area contributed by atoms with Gasteiger partial charge in [0.1, 0.15) is 0 Å². The van der Waals surface area contributed by atoms with E-state index in [9.17, 15) is 9.59 Å². The number of nitrogens with one attached hydrogen (secondary N) is 1. The van der Waals surface area contributed by atoms with Gasteiger partial charge in [-0.1, -0.05) is 19.1 Å². The summed E-state index contributed by atoms with van der Waals surface area (Å²) in [6.45, 7) is 12.3. The van der Waals surface area contributed by atoms with E-state index in [0.29, 0.717) is 6.54 Å². The monoisotopic (exact) mass is 400 g/mol. The predicted molar refractivity (Wildman–Crippen MR) is 116 cm³/mol. The number of carbonyl (C=O) groups excluding carboxylic acids is 2. The summed E-state index contributed by atoms with van der Waals surface area (Å²) >= 11 is 0. The molecule has 2 aliphatic rings. The minimum absolute atomic E-state index is 0.0156. The van der Waals surface area contributed by atoms with E-state index in [-0.39, 0.29) is 23.9 Å². The normalized spacial score (nSPS) is 20.8. The molecular formula is C23H36N4O2. The number of benzene rings is 1. The Morgan fingerprint density at radius 2 is 1.86 bits per heavy atom. The third-order valence-electron chi connectivity index (χ3n) is 5.93. The Bertz CT molecular complexity index is 698. The van der Waals surface area contributed by atoms with Gasteiger partial charge in [-0.15, -0.1) is 0 Å². The van der Waals surface area contributed by atoms with Gasteiger partial charge in [-0.25, -0.2) is 4.79 Å². The Morgan fingerprint density at radius 1 is 1.10 bits per heavy atom. The molecule has 29 heavy (non-hydrogen) atoms. The summed E-state index contributed by atoms with van der Waals surface area (Å²) in [5.74, 6) is 0.420. The van der Waals surface area contributed by atoms with Gasteiger partial charge in [0.05, 0.1) is 0 Å². The third kappa shape index (κ3) is 5.72. The van der Waals surface area contributed by atoms with Crippen LogP contribution >= 0.6 is 0 Å². The van der Waals surface area contributed by atoms with Gasteiger partial charge in [-0.3, -0.25) is 9.69 Å². The van der Waals surface area contributed by atoms with Crippen molar-refractivity contribution in [3.63, 3.8) is 0 Å². The molecule has 1 atom stereocenters. The van der Waals surface area contributed by atoms with Gasteiger partial charge in [-0.05, 0) is 57.4 Å². The maximum atomic E-state index is 13.0. The van der Waals surface area contributed by atoms with E-state index >= 15 is 0 Å². The van der Waals surface area contributed by atoms with Crippen molar-refractivity contribution in [2.45, 2.75) is 52.0 Å². The Balaban J connectivity index is 1.63. The number of rotatable bonds is 5. The summed E-state index contributed by atoms with van der Waals surface area (Å²) in [6.07, 6.45) is 3.20. The van der Waals surface area contributed by atoms with E-state index in [1.807, 2.05) is 35.8 Å². The lowest BCUT2D eigenvalue weighted by atomic mass is 9.89. The van der Waals surface area contributed by atoms with Crippen LogP contribution in [0.3, 0.4) is 0 Å². The smallest absolute Gasteiger partial charge is 0.317 e. The van der Waals surface area contributed by atoms with Crippen LogP contribution in [-0.2, 0) is 0 Å². The van der Waals surface area contributed by atoms with E-state index in [2.05, 4.69) is 29.3 Å². The topological polar surface area (TPSA) is 55.9 Å². The molecular weight excluding hydrogens is 364 g/mol. The molecule has 1 N–H and O–H groups in total. The summed E-state index contributed by atoms with van der Waals surface area (Å²) < 4.78 is 0. The first kappa shape index (κ1) is 21.6. The Kier molecular flexibility index (Phi) is 7.53. The molecule has 2 fully saturated rings. The number of hydrogen-bond acceptors (Lipinski definition) is 3. The van der Waals surface area contributed by atoms with Gasteiger partial charge in [0, 0.05) is 56.8 Å². The van der Waals surface area contributed by atoms with Crippen molar-refractivity contribution in [2.75, 3.05) is 45.8 Å². The largest absolute Gasteiger partial charge is 0.336 e. The molecule has 2 heterocycles. The van der Waals surface area contributed by atoms with E-state index in [0.717, 1.165) is 64.1 Å². The van der Waals surface area contributed by atoms with Crippen LogP contribution in [-0.4, -0.2) is 78.5 Å². The molecule has 0 aliphatic carbocycles. The summed E-state index contributed by atoms with van der Waals surface area (Å²) in [6, 6.07) is 8.22. The minimum atomic E-state index is 0.0156. The van der Waals surface area contributed by atoms with Crippen molar-refractivity contribution < 1.29 is 9.59 Å². The van der Waals surface area contributed by atoms with Crippen LogP contribution in [0.1, 0.15) is 61.9 Å². The van der Waals surface area contributed by atoms with Gasteiger partial charge in [-0.2, -0.15) is 0 Å². The number of piperidine rings is 1. The summed E-state index contributed by atoms with van der Waals surface area (Å²) in [5.41, 5.74) is 1.94. The summed E-state index contributed by atoms with van der Waals surface area (Å²) in [7, 11) is 0. The van der Waals surface area contributed by atoms with Crippen LogP contribution in [0.4, 0.5) is 4.79 Å². The number of urea groups is 1. The molecule has 2 aliphatic heterocycles. The molecule has 0 unspecified atom stereocenters. The standard InChI is InChI=1S/C23H36N4O2/c1-4-10-25-12-14-26(15-13-25)22(28)20-8-5-7-19(16-20)21-9-6-11-27(17-21)23(29)24-18(2)3/h5,7-8,16,18,21H,4,6,9-15,17H2,1-3H3,(H,24,29)/t21-/m0/s1. The van der Waals surface area contributed by atoms with Crippen molar-refractivity contribution in [3.8, 4) is 0 Å². The van der Waals surface area contributed by atoms with Crippen LogP contribution in [0.5, 0.6) is 0 Å². The maximum Gasteiger partial charge on any atom is 0.317 e. The number of nitrogens with zero attached hydrogens (tertiary/aromatic N) is 3. The summed E-state index contributed by atoms with van der Waals surface area (Å²) in [5, 5.41) is 2.99. The van der Waals surface area contributed by atoms with Gasteiger partial charge >= 0.3 is 6.03 Å². The van der Waals surface area contributed by atoms with E-state index in [1.165, 1.54) is 5.56 Å². The van der Waals surface area contributed by atoms with Crippen molar-refractivity contribution in [1.82, 2.24) is 20.0 Å². The van der Waals surface area contributed by atoms with Crippen LogP contribution in [0.25, 0.3) is 0 Å². The van der Waals surface area contributed by atoms with Crippen molar-refractivity contribution >= 4 is 11.9 Å². The quantitative estimate of drug-likeness (QED) is 0.826. The number of amides is 3. The van der Waals surface area contributed by atoms with Gasteiger partial charge < -0.3 is 15.1 Å². The second-order valence-electron chi connectivity index (χ2n) is 8.65. The van der Waals surface area contributed by atoms with Crippen molar-refractivity contribution in [1.29, 1.82) is 0 Å². The fourth-order valence-electron chi connectivity index (χ4n) is 4.37. The fraction of sp³-hybridized carbons (Fsp3) is 0.652. The highest BCUT2D eigenvalue weighted by Crippen LogP contribution is 2.28. The molecule has 6 heteroatoms. The number of likely N-dealkylation sites (tertiary alicyclic amines) is 1. The fourth-order valence-corrected chi connectivity index (χ4v) is 4.37. The van der Waals surface area contributed by atoms with Crippen LogP contribution < -0.4 is 5.32 Å². The molecule has 0 radical (unpaired) electrons. The average Bonchev–Trinajstić information content (AvgIpc) is 2.74. The zero-order valence-electron chi connectivity index (χ0n) is 18.2. The molecule has 0 spiro atoms. The lowest BCUT2D eigenvalue weighted by Crippen LogP contribution is -2.48. The Morgan fingerprint density at radius 3 is 2.55 bits per heavy atom. The third-order valence-corrected chi connectivity index (χ3v) is 5.93. The first-order valence-electron chi connectivity index (χ1n) is 11.1. The highest BCUT2D eigenvalue weighted by atomic mass is 16.2. The highest BCUT2D eigenvalue weighted by Gasteiger charge is 2.26. The highest BCUT2D eigenvalue weighted by molar-refractivity contribution is 5.94. The Labute approximate surface area is 175 Å². The van der Waals surface area contributed by atoms with E-state index in [4.69, 9.17) is 0 Å². The molecule has 0 aromatic heterocycles. The lowest BCUT2D eigenvalue weighted by Gasteiger charge is -2.35. The molecule has 1 aromatic carbocycles. The molecule has 1 aromatic rings.